The summed E-state index contributed by atoms with van der Waals surface area (Å²) in [4.78, 5) is 31.2. The first kappa shape index (κ1) is 63.3. The Bertz CT molecular complexity index is 1740. The predicted octanol–water partition coefficient (Wildman–Crippen LogP) is 16.8. The summed E-state index contributed by atoms with van der Waals surface area (Å²) in [7, 11) is 0. The van der Waals surface area contributed by atoms with Gasteiger partial charge in [0.1, 0.15) is 13.2 Å². The van der Waals surface area contributed by atoms with Crippen LogP contribution in [0.25, 0.3) is 0 Å². The normalized spacial score (nSPS) is 16.4. The predicted molar refractivity (Wildman–Crippen MR) is 304 cm³/mol. The Morgan fingerprint density at radius 3 is 0.974 bits per heavy atom. The van der Waals surface area contributed by atoms with E-state index in [1.54, 1.807) is 12.1 Å². The van der Waals surface area contributed by atoms with Crippen LogP contribution in [0.4, 0.5) is 0 Å². The van der Waals surface area contributed by atoms with E-state index in [1.165, 1.54) is 103 Å². The highest BCUT2D eigenvalue weighted by Gasteiger charge is 2.41. The maximum atomic E-state index is 15.6. The van der Waals surface area contributed by atoms with Gasteiger partial charge in [-0.1, -0.05) is 182 Å². The summed E-state index contributed by atoms with van der Waals surface area (Å²) in [6.07, 6.45) is 36.6. The van der Waals surface area contributed by atoms with E-state index in [-0.39, 0.29) is 84.3 Å². The summed E-state index contributed by atoms with van der Waals surface area (Å²) >= 11 is 0. The third kappa shape index (κ3) is 22.6. The molecule has 0 amide bonds. The number of rotatable bonds is 46. The van der Waals surface area contributed by atoms with Crippen molar-refractivity contribution >= 4 is 11.6 Å². The van der Waals surface area contributed by atoms with Crippen LogP contribution in [0, 0.1) is 0 Å². The first-order valence-electron chi connectivity index (χ1n) is 31.3. The lowest BCUT2D eigenvalue weighted by Crippen LogP contribution is -2.27. The molecule has 2 unspecified atom stereocenters. The molecule has 0 bridgehead atoms. The van der Waals surface area contributed by atoms with Crippen LogP contribution in [0.5, 0.6) is 34.5 Å². The van der Waals surface area contributed by atoms with E-state index in [0.29, 0.717) is 62.6 Å². The Hall–Kier alpha value is -3.58. The van der Waals surface area contributed by atoms with Gasteiger partial charge in [-0.05, 0) is 76.3 Å². The largest absolute Gasteiger partial charge is 0.490 e. The van der Waals surface area contributed by atoms with Crippen LogP contribution >= 0.6 is 0 Å². The molecule has 76 heavy (non-hydrogen) atoms. The van der Waals surface area contributed by atoms with Crippen molar-refractivity contribution in [3.63, 3.8) is 0 Å². The smallest absolute Gasteiger partial charge is 0.204 e. The first-order valence-corrected chi connectivity index (χ1v) is 31.3. The molecular weight excluding hydrogens is 961 g/mol. The monoisotopic (exact) mass is 1060 g/mol. The van der Waals surface area contributed by atoms with E-state index in [9.17, 15) is 0 Å². The number of hydrogen-bond acceptors (Lipinski definition) is 12. The van der Waals surface area contributed by atoms with Crippen LogP contribution in [0.15, 0.2) is 12.1 Å². The van der Waals surface area contributed by atoms with Gasteiger partial charge in [0, 0.05) is 24.3 Å². The van der Waals surface area contributed by atoms with Crippen molar-refractivity contribution in [1.82, 2.24) is 0 Å². The molecule has 2 fully saturated rings. The minimum Gasteiger partial charge on any atom is -0.490 e. The van der Waals surface area contributed by atoms with Crippen LogP contribution in [0.1, 0.15) is 278 Å². The van der Waals surface area contributed by atoms with Crippen molar-refractivity contribution in [1.29, 1.82) is 0 Å². The zero-order valence-electron chi connectivity index (χ0n) is 48.3. The van der Waals surface area contributed by atoms with Gasteiger partial charge in [0.25, 0.3) is 0 Å². The van der Waals surface area contributed by atoms with Crippen LogP contribution in [-0.2, 0) is 18.9 Å². The van der Waals surface area contributed by atoms with E-state index < -0.39 is 0 Å². The maximum absolute atomic E-state index is 15.6. The highest BCUT2D eigenvalue weighted by atomic mass is 16.7. The minimum absolute atomic E-state index is 0.104. The van der Waals surface area contributed by atoms with Crippen molar-refractivity contribution in [2.45, 2.75) is 259 Å². The van der Waals surface area contributed by atoms with E-state index in [1.807, 2.05) is 0 Å². The zero-order chi connectivity index (χ0) is 53.7. The van der Waals surface area contributed by atoms with Gasteiger partial charge in [-0.15, -0.1) is 0 Å². The number of benzene rings is 2. The van der Waals surface area contributed by atoms with Crippen LogP contribution in [-0.4, -0.2) is 90.2 Å². The van der Waals surface area contributed by atoms with E-state index in [0.717, 1.165) is 116 Å². The summed E-state index contributed by atoms with van der Waals surface area (Å²) in [5.41, 5.74) is 0.632. The Kier molecular flexibility index (Phi) is 33.1. The Morgan fingerprint density at radius 1 is 0.355 bits per heavy atom. The second-order valence-electron chi connectivity index (χ2n) is 21.5. The first-order chi connectivity index (χ1) is 37.5. The number of fused-ring (bicyclic) bond motifs is 2. The van der Waals surface area contributed by atoms with Gasteiger partial charge in [0.2, 0.25) is 11.5 Å². The molecule has 0 spiro atoms. The van der Waals surface area contributed by atoms with Crippen molar-refractivity contribution in [2.75, 3.05) is 66.1 Å². The minimum atomic E-state index is -0.383. The maximum Gasteiger partial charge on any atom is 0.204 e. The molecule has 2 aliphatic heterocycles. The zero-order valence-corrected chi connectivity index (χ0v) is 48.3. The molecule has 2 aromatic rings. The number of ether oxygens (including phenoxy) is 10. The van der Waals surface area contributed by atoms with Gasteiger partial charge >= 0.3 is 0 Å². The molecule has 5 rings (SSSR count). The SMILES string of the molecule is CCCCCCCCCOc1cc2c(c(OCCOC3CCCCO3)c1OCCCCCCCCC)C(=O)c1cc(OCCCCCCCCC)c(OCCCCCCCCC)c(OCCOC3CCCCO3)c1C2=O. The Labute approximate surface area is 460 Å². The van der Waals surface area contributed by atoms with Crippen LogP contribution in [0.3, 0.4) is 0 Å². The number of unbranched alkanes of at least 4 members (excludes halogenated alkanes) is 24. The Balaban J connectivity index is 1.54. The lowest BCUT2D eigenvalue weighted by Gasteiger charge is -2.28. The standard InChI is InChI=1S/C64H104O12/c1-5-9-13-17-21-25-31-39-67-53-49-51-57(63(75-47-45-71-55-37-29-35-41-69-55)61(53)73-43-33-27-23-19-15-11-7-3)60(66)52-50-54(68-40-32-26-22-18-14-10-6-2)62(74-44-34-28-24-20-16-12-8-4)64(58(52)59(51)65)76-48-46-72-56-38-30-36-42-70-56/h49-50,55-56H,5-48H2,1-4H3. The molecule has 12 heteroatoms. The molecular formula is C64H104O12. The lowest BCUT2D eigenvalue weighted by molar-refractivity contribution is -0.165. The average molecular weight is 1070 g/mol. The molecule has 432 valence electrons. The second kappa shape index (κ2) is 39.7. The molecule has 2 heterocycles. The molecule has 3 aliphatic rings. The molecule has 2 saturated heterocycles. The number of carbonyl (C=O) groups is 2. The fraction of sp³-hybridized carbons (Fsp3) is 0.781. The summed E-state index contributed by atoms with van der Waals surface area (Å²) in [5.74, 6) is 1.08. The van der Waals surface area contributed by atoms with Crippen LogP contribution < -0.4 is 28.4 Å². The van der Waals surface area contributed by atoms with Gasteiger partial charge in [0.05, 0.1) is 50.8 Å². The highest BCUT2D eigenvalue weighted by Crippen LogP contribution is 2.51. The van der Waals surface area contributed by atoms with Gasteiger partial charge in [-0.3, -0.25) is 9.59 Å². The van der Waals surface area contributed by atoms with E-state index in [2.05, 4.69) is 27.7 Å². The third-order valence-electron chi connectivity index (χ3n) is 14.9. The van der Waals surface area contributed by atoms with Gasteiger partial charge in [-0.2, -0.15) is 0 Å². The third-order valence-corrected chi connectivity index (χ3v) is 14.9. The van der Waals surface area contributed by atoms with E-state index in [4.69, 9.17) is 47.4 Å². The summed E-state index contributed by atoms with van der Waals surface area (Å²) in [6.45, 7) is 12.6. The highest BCUT2D eigenvalue weighted by molar-refractivity contribution is 6.31. The fourth-order valence-corrected chi connectivity index (χ4v) is 10.4. The average Bonchev–Trinajstić information content (AvgIpc) is 3.44. The van der Waals surface area contributed by atoms with Gasteiger partial charge in [-0.25, -0.2) is 0 Å². The van der Waals surface area contributed by atoms with E-state index >= 15 is 9.59 Å². The Morgan fingerprint density at radius 2 is 0.658 bits per heavy atom. The number of hydrogen-bond donors (Lipinski definition) is 0. The van der Waals surface area contributed by atoms with Crippen molar-refractivity contribution < 1.29 is 57.0 Å². The second-order valence-corrected chi connectivity index (χ2v) is 21.5. The van der Waals surface area contributed by atoms with Crippen molar-refractivity contribution in [3.8, 4) is 34.5 Å². The molecule has 0 radical (unpaired) electrons. The van der Waals surface area contributed by atoms with Crippen molar-refractivity contribution in [2.24, 2.45) is 0 Å². The summed E-state index contributed by atoms with van der Waals surface area (Å²) in [6, 6.07) is 3.41. The molecule has 2 aromatic carbocycles. The summed E-state index contributed by atoms with van der Waals surface area (Å²) in [5, 5.41) is 0. The summed E-state index contributed by atoms with van der Waals surface area (Å²) < 4.78 is 64.1. The quantitative estimate of drug-likeness (QED) is 0.0500. The molecule has 1 aliphatic carbocycles. The molecule has 0 aromatic heterocycles. The topological polar surface area (TPSA) is 126 Å². The number of ketones is 2. The van der Waals surface area contributed by atoms with Crippen LogP contribution in [0.2, 0.25) is 0 Å². The van der Waals surface area contributed by atoms with Gasteiger partial charge in [0.15, 0.2) is 47.1 Å². The fourth-order valence-electron chi connectivity index (χ4n) is 10.4. The van der Waals surface area contributed by atoms with Gasteiger partial charge < -0.3 is 47.4 Å². The molecule has 12 nitrogen and oxygen atoms in total. The number of carbonyl (C=O) groups excluding carboxylic acids is 2. The molecule has 2 atom stereocenters. The molecule has 0 N–H and O–H groups in total. The van der Waals surface area contributed by atoms with Crippen molar-refractivity contribution in [3.05, 3.63) is 34.4 Å². The lowest BCUT2D eigenvalue weighted by atomic mass is 9.82. The molecule has 0 saturated carbocycles.